The summed E-state index contributed by atoms with van der Waals surface area (Å²) in [5.41, 5.74) is 0. The first kappa shape index (κ1) is 26.9. The Hall–Kier alpha value is -0.0800. The van der Waals surface area contributed by atoms with Crippen LogP contribution in [0, 0.1) is 11.8 Å². The van der Waals surface area contributed by atoms with E-state index < -0.39 is 0 Å². The second-order valence-electron chi connectivity index (χ2n) is 8.82. The Morgan fingerprint density at radius 1 is 1.11 bits per heavy atom. The molecule has 162 valence electrons. The molecule has 0 aromatic heterocycles. The highest BCUT2D eigenvalue weighted by Crippen LogP contribution is 2.16. The number of aliphatic imine (C=N–C) groups is 1. The van der Waals surface area contributed by atoms with Gasteiger partial charge in [0.2, 0.25) is 0 Å². The molecular formula is C21H46IN5. The van der Waals surface area contributed by atoms with Crippen molar-refractivity contribution < 1.29 is 0 Å². The van der Waals surface area contributed by atoms with E-state index in [1.807, 2.05) is 7.05 Å². The Morgan fingerprint density at radius 2 is 1.78 bits per heavy atom. The summed E-state index contributed by atoms with van der Waals surface area (Å²) >= 11 is 0. The van der Waals surface area contributed by atoms with E-state index in [1.165, 1.54) is 32.5 Å². The van der Waals surface area contributed by atoms with Crippen molar-refractivity contribution >= 4 is 29.9 Å². The zero-order chi connectivity index (χ0) is 19.5. The highest BCUT2D eigenvalue weighted by atomic mass is 127. The first-order valence-electron chi connectivity index (χ1n) is 10.8. The molecule has 1 fully saturated rings. The fraction of sp³-hybridized carbons (Fsp3) is 0.952. The smallest absolute Gasteiger partial charge is 0.190 e. The van der Waals surface area contributed by atoms with Crippen molar-refractivity contribution in [2.24, 2.45) is 16.8 Å². The van der Waals surface area contributed by atoms with Gasteiger partial charge in [-0.3, -0.25) is 9.89 Å². The van der Waals surface area contributed by atoms with Crippen LogP contribution in [0.25, 0.3) is 0 Å². The van der Waals surface area contributed by atoms with Crippen molar-refractivity contribution in [1.29, 1.82) is 0 Å². The van der Waals surface area contributed by atoms with E-state index in [-0.39, 0.29) is 24.0 Å². The molecule has 0 spiro atoms. The van der Waals surface area contributed by atoms with E-state index in [9.17, 15) is 0 Å². The molecule has 1 atom stereocenters. The predicted molar refractivity (Wildman–Crippen MR) is 130 cm³/mol. The van der Waals surface area contributed by atoms with Gasteiger partial charge in [-0.25, -0.2) is 0 Å². The van der Waals surface area contributed by atoms with Crippen molar-refractivity contribution in [3.8, 4) is 0 Å². The summed E-state index contributed by atoms with van der Waals surface area (Å²) in [6.07, 6.45) is 3.80. The second kappa shape index (κ2) is 14.9. The van der Waals surface area contributed by atoms with Gasteiger partial charge in [0.15, 0.2) is 5.96 Å². The average molecular weight is 496 g/mol. The van der Waals surface area contributed by atoms with Crippen molar-refractivity contribution in [1.82, 2.24) is 20.4 Å². The Balaban J connectivity index is 0.00000676. The molecule has 6 heteroatoms. The molecule has 1 aliphatic heterocycles. The number of guanidine groups is 1. The summed E-state index contributed by atoms with van der Waals surface area (Å²) in [5.74, 6) is 2.44. The molecule has 0 amide bonds. The van der Waals surface area contributed by atoms with Gasteiger partial charge in [-0.1, -0.05) is 13.8 Å². The number of halogens is 1. The van der Waals surface area contributed by atoms with Gasteiger partial charge in [0, 0.05) is 51.9 Å². The predicted octanol–water partition coefficient (Wildman–Crippen LogP) is 3.65. The molecule has 0 aromatic rings. The normalized spacial score (nSPS) is 19.1. The molecule has 1 rings (SSSR count). The van der Waals surface area contributed by atoms with Crippen LogP contribution in [-0.4, -0.2) is 74.2 Å². The van der Waals surface area contributed by atoms with Crippen LogP contribution in [0.15, 0.2) is 4.99 Å². The van der Waals surface area contributed by atoms with Crippen molar-refractivity contribution in [3.63, 3.8) is 0 Å². The minimum Gasteiger partial charge on any atom is -0.356 e. The number of piperidine rings is 1. The summed E-state index contributed by atoms with van der Waals surface area (Å²) in [6, 6.07) is 1.21. The van der Waals surface area contributed by atoms with Gasteiger partial charge in [-0.15, -0.1) is 24.0 Å². The van der Waals surface area contributed by atoms with Gasteiger partial charge >= 0.3 is 0 Å². The van der Waals surface area contributed by atoms with Crippen molar-refractivity contribution in [2.45, 2.75) is 72.9 Å². The van der Waals surface area contributed by atoms with E-state index >= 15 is 0 Å². The van der Waals surface area contributed by atoms with E-state index in [1.54, 1.807) is 0 Å². The lowest BCUT2D eigenvalue weighted by atomic mass is 9.97. The lowest BCUT2D eigenvalue weighted by Crippen LogP contribution is -2.45. The van der Waals surface area contributed by atoms with Gasteiger partial charge in [-0.05, 0) is 65.3 Å². The summed E-state index contributed by atoms with van der Waals surface area (Å²) in [4.78, 5) is 9.57. The lowest BCUT2D eigenvalue weighted by Gasteiger charge is -2.34. The number of nitrogens with zero attached hydrogens (tertiary/aromatic N) is 3. The first-order valence-corrected chi connectivity index (χ1v) is 10.8. The summed E-state index contributed by atoms with van der Waals surface area (Å²) in [5, 5.41) is 7.03. The highest BCUT2D eigenvalue weighted by molar-refractivity contribution is 14.0. The molecule has 0 bridgehead atoms. The topological polar surface area (TPSA) is 42.9 Å². The quantitative estimate of drug-likeness (QED) is 0.210. The fourth-order valence-corrected chi connectivity index (χ4v) is 4.04. The highest BCUT2D eigenvalue weighted by Gasteiger charge is 2.20. The first-order chi connectivity index (χ1) is 12.3. The maximum absolute atomic E-state index is 4.39. The van der Waals surface area contributed by atoms with Crippen LogP contribution in [0.5, 0.6) is 0 Å². The van der Waals surface area contributed by atoms with E-state index in [2.05, 4.69) is 67.0 Å². The molecule has 5 nitrogen and oxygen atoms in total. The van der Waals surface area contributed by atoms with Gasteiger partial charge in [0.1, 0.15) is 0 Å². The van der Waals surface area contributed by atoms with Crippen molar-refractivity contribution in [3.05, 3.63) is 0 Å². The number of likely N-dealkylation sites (tertiary alicyclic amines) is 1. The van der Waals surface area contributed by atoms with E-state index in [0.717, 1.165) is 43.9 Å². The summed E-state index contributed by atoms with van der Waals surface area (Å²) < 4.78 is 0. The van der Waals surface area contributed by atoms with E-state index in [4.69, 9.17) is 0 Å². The van der Waals surface area contributed by atoms with Gasteiger partial charge in [0.05, 0.1) is 0 Å². The summed E-state index contributed by atoms with van der Waals surface area (Å²) in [6.45, 7) is 20.6. The number of hydrogen-bond donors (Lipinski definition) is 2. The monoisotopic (exact) mass is 495 g/mol. The molecule has 2 N–H and O–H groups in total. The Labute approximate surface area is 186 Å². The van der Waals surface area contributed by atoms with Gasteiger partial charge in [0.25, 0.3) is 0 Å². The maximum atomic E-state index is 4.39. The molecule has 0 aliphatic carbocycles. The van der Waals surface area contributed by atoms with Crippen molar-refractivity contribution in [2.75, 3.05) is 46.3 Å². The van der Waals surface area contributed by atoms with Crippen LogP contribution in [0.4, 0.5) is 0 Å². The van der Waals surface area contributed by atoms with Crippen LogP contribution in [-0.2, 0) is 0 Å². The van der Waals surface area contributed by atoms with Crippen LogP contribution < -0.4 is 10.6 Å². The molecule has 0 radical (unpaired) electrons. The van der Waals surface area contributed by atoms with Crippen LogP contribution >= 0.6 is 24.0 Å². The molecule has 1 heterocycles. The molecule has 0 aromatic carbocycles. The zero-order valence-electron chi connectivity index (χ0n) is 18.9. The fourth-order valence-electron chi connectivity index (χ4n) is 4.04. The minimum atomic E-state index is 0. The van der Waals surface area contributed by atoms with Crippen LogP contribution in [0.2, 0.25) is 0 Å². The lowest BCUT2D eigenvalue weighted by molar-refractivity contribution is 0.159. The largest absolute Gasteiger partial charge is 0.356 e. The maximum Gasteiger partial charge on any atom is 0.190 e. The standard InChI is InChI=1S/C21H45N5.HI/c1-17(2)15-25-12-8-10-20(16-25)14-24-21(22-7)23-11-9-13-26(18(3)4)19(5)6;/h17-20H,8-16H2,1-7H3,(H2,22,23,24);1H. The van der Waals surface area contributed by atoms with Crippen LogP contribution in [0.1, 0.15) is 60.8 Å². The Morgan fingerprint density at radius 3 is 2.33 bits per heavy atom. The van der Waals surface area contributed by atoms with E-state index in [0.29, 0.717) is 12.1 Å². The van der Waals surface area contributed by atoms with Crippen LogP contribution in [0.3, 0.4) is 0 Å². The number of nitrogens with one attached hydrogen (secondary N) is 2. The number of hydrogen-bond acceptors (Lipinski definition) is 3. The third-order valence-corrected chi connectivity index (χ3v) is 5.22. The minimum absolute atomic E-state index is 0. The van der Waals surface area contributed by atoms with Gasteiger partial charge < -0.3 is 15.5 Å². The molecule has 1 aliphatic rings. The SMILES string of the molecule is CN=C(NCCCN(C(C)C)C(C)C)NCC1CCCN(CC(C)C)C1.I. The summed E-state index contributed by atoms with van der Waals surface area (Å²) in [7, 11) is 1.87. The average Bonchev–Trinajstić information content (AvgIpc) is 2.56. The Bertz CT molecular complexity index is 390. The molecule has 27 heavy (non-hydrogen) atoms. The zero-order valence-corrected chi connectivity index (χ0v) is 21.3. The second-order valence-corrected chi connectivity index (χ2v) is 8.82. The molecular weight excluding hydrogens is 449 g/mol. The van der Waals surface area contributed by atoms with Gasteiger partial charge in [-0.2, -0.15) is 0 Å². The number of rotatable bonds is 10. The third-order valence-electron chi connectivity index (χ3n) is 5.22. The third kappa shape index (κ3) is 11.5. The molecule has 1 saturated heterocycles. The molecule has 1 unspecified atom stereocenters. The Kier molecular flexibility index (Phi) is 14.8. The molecule has 0 saturated carbocycles.